The number of hydrogen-bond acceptors (Lipinski definition) is 2. The molecule has 0 saturated heterocycles. The van der Waals surface area contributed by atoms with Crippen molar-refractivity contribution in [1.82, 2.24) is 0 Å². The Balaban J connectivity index is 2.06. The highest BCUT2D eigenvalue weighted by Crippen LogP contribution is 2.26. The third-order valence-corrected chi connectivity index (χ3v) is 3.78. The molecule has 0 aliphatic rings. The van der Waals surface area contributed by atoms with Crippen LogP contribution in [0.3, 0.4) is 0 Å². The molecule has 0 N–H and O–H groups in total. The number of benzene rings is 3. The summed E-state index contributed by atoms with van der Waals surface area (Å²) in [4.78, 5) is 0. The lowest BCUT2D eigenvalue weighted by Crippen LogP contribution is -1.93. The molecule has 0 heterocycles. The fourth-order valence-electron chi connectivity index (χ4n) is 2.64. The summed E-state index contributed by atoms with van der Waals surface area (Å²) in [5.41, 5.74) is 2.20. The number of fused-ring (bicyclic) bond motifs is 1. The largest absolute Gasteiger partial charge is 0.497 e. The van der Waals surface area contributed by atoms with E-state index in [1.165, 1.54) is 10.8 Å². The monoisotopic (exact) mass is 304 g/mol. The average Bonchev–Trinajstić information content (AvgIpc) is 2.62. The van der Waals surface area contributed by atoms with Gasteiger partial charge in [0, 0.05) is 5.56 Å². The summed E-state index contributed by atoms with van der Waals surface area (Å²) in [7, 11) is 1.67. The highest BCUT2D eigenvalue weighted by atomic mass is 16.5. The summed E-state index contributed by atoms with van der Waals surface area (Å²) in [6.07, 6.45) is 2.10. The number of rotatable bonds is 5. The molecule has 0 radical (unpaired) electrons. The predicted octanol–water partition coefficient (Wildman–Crippen LogP) is 5.38. The number of methoxy groups -OCH3 is 1. The first-order valence-corrected chi connectivity index (χ1v) is 7.78. The fraction of sp³-hybridized carbons (Fsp3) is 0.143. The summed E-state index contributed by atoms with van der Waals surface area (Å²) < 4.78 is 11.1. The second kappa shape index (κ2) is 7.01. The first kappa shape index (κ1) is 15.2. The maximum Gasteiger partial charge on any atom is 0.127 e. The molecule has 0 fully saturated rings. The molecule has 0 aromatic heterocycles. The molecule has 3 rings (SSSR count). The molecule has 0 aliphatic carbocycles. The molecule has 23 heavy (non-hydrogen) atoms. The van der Waals surface area contributed by atoms with Gasteiger partial charge in [-0.3, -0.25) is 0 Å². The Morgan fingerprint density at radius 2 is 1.65 bits per heavy atom. The van der Waals surface area contributed by atoms with E-state index in [-0.39, 0.29) is 0 Å². The lowest BCUT2D eigenvalue weighted by Gasteiger charge is -2.11. The van der Waals surface area contributed by atoms with Gasteiger partial charge in [0.15, 0.2) is 0 Å². The lowest BCUT2D eigenvalue weighted by molar-refractivity contribution is 0.300. The summed E-state index contributed by atoms with van der Waals surface area (Å²) in [5.74, 6) is 1.71. The Kier molecular flexibility index (Phi) is 4.62. The van der Waals surface area contributed by atoms with Crippen LogP contribution in [-0.2, 0) is 4.74 Å². The molecule has 0 aliphatic heterocycles. The van der Waals surface area contributed by atoms with E-state index < -0.39 is 0 Å². The van der Waals surface area contributed by atoms with Crippen molar-refractivity contribution in [3.63, 3.8) is 0 Å². The molecule has 2 heteroatoms. The average molecular weight is 304 g/mol. The van der Waals surface area contributed by atoms with Crippen molar-refractivity contribution in [2.24, 2.45) is 0 Å². The zero-order valence-corrected chi connectivity index (χ0v) is 13.5. The fourth-order valence-corrected chi connectivity index (χ4v) is 2.64. The molecular weight excluding hydrogens is 284 g/mol. The number of hydrogen-bond donors (Lipinski definition) is 0. The van der Waals surface area contributed by atoms with Crippen LogP contribution in [-0.4, -0.2) is 13.7 Å². The molecule has 0 amide bonds. The molecule has 0 spiro atoms. The van der Waals surface area contributed by atoms with E-state index in [4.69, 9.17) is 9.47 Å². The molecule has 0 saturated carbocycles. The highest BCUT2D eigenvalue weighted by Gasteiger charge is 2.05. The molecule has 0 bridgehead atoms. The van der Waals surface area contributed by atoms with Gasteiger partial charge in [-0.15, -0.1) is 0 Å². The van der Waals surface area contributed by atoms with Crippen LogP contribution in [0.1, 0.15) is 18.1 Å². The smallest absolute Gasteiger partial charge is 0.127 e. The molecule has 0 unspecified atom stereocenters. The second-order valence-corrected chi connectivity index (χ2v) is 5.24. The van der Waals surface area contributed by atoms with Gasteiger partial charge in [0.05, 0.1) is 13.7 Å². The molecule has 2 nitrogen and oxygen atoms in total. The van der Waals surface area contributed by atoms with E-state index in [9.17, 15) is 0 Å². The van der Waals surface area contributed by atoms with Crippen LogP contribution in [0.2, 0.25) is 0 Å². The van der Waals surface area contributed by atoms with Crippen LogP contribution < -0.4 is 4.74 Å². The summed E-state index contributed by atoms with van der Waals surface area (Å²) in [5, 5.41) is 2.45. The Labute approximate surface area is 137 Å². The van der Waals surface area contributed by atoms with Crippen LogP contribution in [0, 0.1) is 0 Å². The predicted molar refractivity (Wildman–Crippen MR) is 96.4 cm³/mol. The highest BCUT2D eigenvalue weighted by molar-refractivity contribution is 5.94. The minimum atomic E-state index is 0.628. The van der Waals surface area contributed by atoms with Gasteiger partial charge in [-0.2, -0.15) is 0 Å². The Hall–Kier alpha value is -2.74. The zero-order chi connectivity index (χ0) is 16.1. The van der Waals surface area contributed by atoms with Crippen LogP contribution >= 0.6 is 0 Å². The van der Waals surface area contributed by atoms with E-state index in [0.717, 1.165) is 22.6 Å². The lowest BCUT2D eigenvalue weighted by atomic mass is 10.0. The zero-order valence-electron chi connectivity index (χ0n) is 13.5. The SMILES string of the molecule is CCOC(=Cc1cccc2ccccc12)c1ccc(OC)cc1. The van der Waals surface area contributed by atoms with Crippen LogP contribution in [0.5, 0.6) is 5.75 Å². The van der Waals surface area contributed by atoms with Gasteiger partial charge in [-0.1, -0.05) is 42.5 Å². The van der Waals surface area contributed by atoms with Gasteiger partial charge in [-0.05, 0) is 53.6 Å². The van der Waals surface area contributed by atoms with Crippen molar-refractivity contribution in [2.45, 2.75) is 6.92 Å². The van der Waals surface area contributed by atoms with Crippen molar-refractivity contribution in [3.8, 4) is 5.75 Å². The molecule has 3 aromatic rings. The molecular formula is C21H20O2. The topological polar surface area (TPSA) is 18.5 Å². The van der Waals surface area contributed by atoms with Gasteiger partial charge in [0.2, 0.25) is 0 Å². The normalized spacial score (nSPS) is 11.5. The standard InChI is InChI=1S/C21H20O2/c1-3-23-21(17-11-13-19(22-2)14-12-17)15-18-9-6-8-16-7-4-5-10-20(16)18/h4-15H,3H2,1-2H3. The minimum absolute atomic E-state index is 0.628. The summed E-state index contributed by atoms with van der Waals surface area (Å²) >= 11 is 0. The first-order valence-electron chi connectivity index (χ1n) is 7.78. The minimum Gasteiger partial charge on any atom is -0.497 e. The van der Waals surface area contributed by atoms with Crippen molar-refractivity contribution in [2.75, 3.05) is 13.7 Å². The van der Waals surface area contributed by atoms with Gasteiger partial charge in [0.25, 0.3) is 0 Å². The van der Waals surface area contributed by atoms with E-state index in [1.54, 1.807) is 7.11 Å². The van der Waals surface area contributed by atoms with Crippen molar-refractivity contribution < 1.29 is 9.47 Å². The third kappa shape index (κ3) is 3.37. The Morgan fingerprint density at radius 3 is 2.39 bits per heavy atom. The van der Waals surface area contributed by atoms with E-state index in [2.05, 4.69) is 48.5 Å². The Bertz CT molecular complexity index is 811. The van der Waals surface area contributed by atoms with Gasteiger partial charge < -0.3 is 9.47 Å². The second-order valence-electron chi connectivity index (χ2n) is 5.24. The Morgan fingerprint density at radius 1 is 0.913 bits per heavy atom. The molecule has 0 atom stereocenters. The van der Waals surface area contributed by atoms with Crippen LogP contribution in [0.4, 0.5) is 0 Å². The third-order valence-electron chi connectivity index (χ3n) is 3.78. The van der Waals surface area contributed by atoms with Gasteiger partial charge in [-0.25, -0.2) is 0 Å². The quantitative estimate of drug-likeness (QED) is 0.465. The maximum atomic E-state index is 5.87. The molecule has 3 aromatic carbocycles. The molecule has 116 valence electrons. The maximum absolute atomic E-state index is 5.87. The van der Waals surface area contributed by atoms with Crippen molar-refractivity contribution >= 4 is 22.6 Å². The number of ether oxygens (including phenoxy) is 2. The van der Waals surface area contributed by atoms with E-state index in [0.29, 0.717) is 6.61 Å². The van der Waals surface area contributed by atoms with Crippen molar-refractivity contribution in [1.29, 1.82) is 0 Å². The summed E-state index contributed by atoms with van der Waals surface area (Å²) in [6, 6.07) is 22.6. The summed E-state index contributed by atoms with van der Waals surface area (Å²) in [6.45, 7) is 2.63. The van der Waals surface area contributed by atoms with Gasteiger partial charge in [0.1, 0.15) is 11.5 Å². The first-order chi connectivity index (χ1) is 11.3. The van der Waals surface area contributed by atoms with Gasteiger partial charge >= 0.3 is 0 Å². The van der Waals surface area contributed by atoms with Crippen molar-refractivity contribution in [3.05, 3.63) is 77.9 Å². The van der Waals surface area contributed by atoms with Crippen LogP contribution in [0.25, 0.3) is 22.6 Å². The van der Waals surface area contributed by atoms with E-state index in [1.807, 2.05) is 31.2 Å². The van der Waals surface area contributed by atoms with E-state index >= 15 is 0 Å². The van der Waals surface area contributed by atoms with Crippen LogP contribution in [0.15, 0.2) is 66.7 Å².